The van der Waals surface area contributed by atoms with Crippen molar-refractivity contribution in [1.29, 1.82) is 5.26 Å². The first kappa shape index (κ1) is 18.6. The van der Waals surface area contributed by atoms with Crippen molar-refractivity contribution in [3.8, 4) is 6.07 Å². The molecule has 27 heavy (non-hydrogen) atoms. The number of nitriles is 1. The molecule has 138 valence electrons. The summed E-state index contributed by atoms with van der Waals surface area (Å²) in [4.78, 5) is 20.9. The topological polar surface area (TPSA) is 72.3 Å². The molecule has 0 aliphatic carbocycles. The van der Waals surface area contributed by atoms with Gasteiger partial charge in [-0.2, -0.15) is 5.26 Å². The molecule has 6 heteroatoms. The first-order chi connectivity index (χ1) is 13.3. The maximum Gasteiger partial charge on any atom is 0.266 e. The molecular weight excluding hydrogens is 338 g/mol. The Hall–Kier alpha value is -3.17. The van der Waals surface area contributed by atoms with Crippen molar-refractivity contribution in [2.75, 3.05) is 26.2 Å². The summed E-state index contributed by atoms with van der Waals surface area (Å²) in [5.41, 5.74) is 2.25. The van der Waals surface area contributed by atoms with Crippen molar-refractivity contribution in [3.63, 3.8) is 0 Å². The average molecular weight is 361 g/mol. The van der Waals surface area contributed by atoms with E-state index < -0.39 is 0 Å². The zero-order valence-corrected chi connectivity index (χ0v) is 15.2. The van der Waals surface area contributed by atoms with E-state index in [9.17, 15) is 10.1 Å². The summed E-state index contributed by atoms with van der Waals surface area (Å²) < 4.78 is 0. The van der Waals surface area contributed by atoms with Crippen LogP contribution in [0.4, 0.5) is 0 Å². The number of hydrogen-bond donors (Lipinski definition) is 1. The number of rotatable bonds is 6. The van der Waals surface area contributed by atoms with E-state index in [1.165, 1.54) is 11.8 Å². The van der Waals surface area contributed by atoms with Crippen LogP contribution in [0.1, 0.15) is 11.3 Å². The first-order valence-electron chi connectivity index (χ1n) is 9.05. The Morgan fingerprint density at radius 1 is 1.11 bits per heavy atom. The van der Waals surface area contributed by atoms with Crippen LogP contribution in [0.25, 0.3) is 0 Å². The number of carbonyl (C=O) groups excluding carboxylic acids is 1. The Balaban J connectivity index is 1.49. The molecule has 0 saturated carbocycles. The van der Waals surface area contributed by atoms with Gasteiger partial charge in [-0.05, 0) is 17.7 Å². The second kappa shape index (κ2) is 9.51. The van der Waals surface area contributed by atoms with Crippen molar-refractivity contribution in [2.45, 2.75) is 13.1 Å². The standard InChI is InChI=1S/C21H23N5O/c22-14-19(15-23-16-20-8-4-5-9-24-20)21(27)26-12-10-25(11-13-26)17-18-6-2-1-3-7-18/h1-9,15,23H,10-13,16-17H2/b19-15-. The molecule has 1 aromatic heterocycles. The van der Waals surface area contributed by atoms with E-state index in [-0.39, 0.29) is 11.5 Å². The van der Waals surface area contributed by atoms with Gasteiger partial charge < -0.3 is 10.2 Å². The van der Waals surface area contributed by atoms with E-state index in [2.05, 4.69) is 27.3 Å². The van der Waals surface area contributed by atoms with Gasteiger partial charge in [0, 0.05) is 45.1 Å². The number of aromatic nitrogens is 1. The number of piperazine rings is 1. The second-order valence-corrected chi connectivity index (χ2v) is 6.43. The Kier molecular flexibility index (Phi) is 6.55. The van der Waals surface area contributed by atoms with Crippen LogP contribution in [-0.2, 0) is 17.9 Å². The fourth-order valence-corrected chi connectivity index (χ4v) is 3.02. The van der Waals surface area contributed by atoms with Crippen molar-refractivity contribution in [3.05, 3.63) is 77.8 Å². The van der Waals surface area contributed by atoms with Gasteiger partial charge in [-0.3, -0.25) is 14.7 Å². The highest BCUT2D eigenvalue weighted by molar-refractivity contribution is 5.97. The summed E-state index contributed by atoms with van der Waals surface area (Å²) in [5.74, 6) is -0.217. The van der Waals surface area contributed by atoms with Crippen LogP contribution < -0.4 is 5.32 Å². The SMILES string of the molecule is N#C/C(=C/NCc1ccccn1)C(=O)N1CCN(Cc2ccccc2)CC1. The van der Waals surface area contributed by atoms with Gasteiger partial charge in [-0.1, -0.05) is 36.4 Å². The number of nitrogens with one attached hydrogen (secondary N) is 1. The van der Waals surface area contributed by atoms with Crippen LogP contribution in [0.2, 0.25) is 0 Å². The van der Waals surface area contributed by atoms with Gasteiger partial charge in [0.1, 0.15) is 11.6 Å². The highest BCUT2D eigenvalue weighted by atomic mass is 16.2. The molecule has 2 heterocycles. The highest BCUT2D eigenvalue weighted by Crippen LogP contribution is 2.10. The molecule has 1 fully saturated rings. The zero-order valence-electron chi connectivity index (χ0n) is 15.2. The Labute approximate surface area is 159 Å². The van der Waals surface area contributed by atoms with Crippen LogP contribution in [-0.4, -0.2) is 46.9 Å². The maximum absolute atomic E-state index is 12.6. The first-order valence-corrected chi connectivity index (χ1v) is 9.05. The van der Waals surface area contributed by atoms with E-state index in [4.69, 9.17) is 0 Å². The predicted molar refractivity (Wildman–Crippen MR) is 103 cm³/mol. The summed E-state index contributed by atoms with van der Waals surface area (Å²) in [6.07, 6.45) is 3.21. The Morgan fingerprint density at radius 3 is 2.52 bits per heavy atom. The molecule has 0 atom stereocenters. The maximum atomic E-state index is 12.6. The number of amides is 1. The van der Waals surface area contributed by atoms with Crippen LogP contribution in [0.5, 0.6) is 0 Å². The lowest BCUT2D eigenvalue weighted by Crippen LogP contribution is -2.48. The molecule has 1 aliphatic heterocycles. The van der Waals surface area contributed by atoms with Crippen molar-refractivity contribution < 1.29 is 4.79 Å². The fourth-order valence-electron chi connectivity index (χ4n) is 3.02. The van der Waals surface area contributed by atoms with Gasteiger partial charge >= 0.3 is 0 Å². The molecule has 1 aromatic carbocycles. The van der Waals surface area contributed by atoms with Gasteiger partial charge in [0.2, 0.25) is 0 Å². The number of hydrogen-bond acceptors (Lipinski definition) is 5. The van der Waals surface area contributed by atoms with Crippen molar-refractivity contribution >= 4 is 5.91 Å². The van der Waals surface area contributed by atoms with Gasteiger partial charge in [-0.15, -0.1) is 0 Å². The van der Waals surface area contributed by atoms with E-state index in [1.807, 2.05) is 42.5 Å². The number of pyridine rings is 1. The van der Waals surface area contributed by atoms with Crippen molar-refractivity contribution in [2.24, 2.45) is 0 Å². The molecule has 3 rings (SSSR count). The monoisotopic (exact) mass is 361 g/mol. The number of nitrogens with zero attached hydrogens (tertiary/aromatic N) is 4. The lowest BCUT2D eigenvalue weighted by Gasteiger charge is -2.34. The van der Waals surface area contributed by atoms with Crippen LogP contribution in [0.15, 0.2) is 66.5 Å². The zero-order chi connectivity index (χ0) is 18.9. The third-order valence-electron chi connectivity index (χ3n) is 4.52. The van der Waals surface area contributed by atoms with E-state index in [0.717, 1.165) is 25.3 Å². The predicted octanol–water partition coefficient (Wildman–Crippen LogP) is 1.92. The lowest BCUT2D eigenvalue weighted by atomic mass is 10.2. The average Bonchev–Trinajstić information content (AvgIpc) is 2.73. The molecule has 0 unspecified atom stereocenters. The molecule has 0 spiro atoms. The number of benzene rings is 1. The second-order valence-electron chi connectivity index (χ2n) is 6.43. The summed E-state index contributed by atoms with van der Waals surface area (Å²) in [7, 11) is 0. The van der Waals surface area contributed by atoms with E-state index >= 15 is 0 Å². The molecule has 1 saturated heterocycles. The highest BCUT2D eigenvalue weighted by Gasteiger charge is 2.23. The minimum atomic E-state index is -0.217. The van der Waals surface area contributed by atoms with E-state index in [0.29, 0.717) is 19.6 Å². The summed E-state index contributed by atoms with van der Waals surface area (Å²) >= 11 is 0. The van der Waals surface area contributed by atoms with Crippen molar-refractivity contribution in [1.82, 2.24) is 20.1 Å². The quantitative estimate of drug-likeness (QED) is 0.629. The molecule has 2 aromatic rings. The van der Waals surface area contributed by atoms with Crippen LogP contribution in [0.3, 0.4) is 0 Å². The molecule has 6 nitrogen and oxygen atoms in total. The van der Waals surface area contributed by atoms with Crippen LogP contribution >= 0.6 is 0 Å². The molecule has 1 N–H and O–H groups in total. The van der Waals surface area contributed by atoms with Gasteiger partial charge in [0.15, 0.2) is 0 Å². The summed E-state index contributed by atoms with van der Waals surface area (Å²) in [5, 5.41) is 12.3. The smallest absolute Gasteiger partial charge is 0.266 e. The third kappa shape index (κ3) is 5.40. The molecule has 1 aliphatic rings. The molecule has 0 bridgehead atoms. The molecule has 1 amide bonds. The summed E-state index contributed by atoms with van der Waals surface area (Å²) in [6, 6.07) is 18.0. The lowest BCUT2D eigenvalue weighted by molar-refractivity contribution is -0.128. The van der Waals surface area contributed by atoms with Gasteiger partial charge in [-0.25, -0.2) is 0 Å². The Morgan fingerprint density at radius 2 is 1.85 bits per heavy atom. The largest absolute Gasteiger partial charge is 0.384 e. The van der Waals surface area contributed by atoms with Crippen LogP contribution in [0, 0.1) is 11.3 Å². The minimum absolute atomic E-state index is 0.127. The Bertz CT molecular complexity index is 805. The molecular formula is C21H23N5O. The minimum Gasteiger partial charge on any atom is -0.384 e. The van der Waals surface area contributed by atoms with E-state index in [1.54, 1.807) is 11.1 Å². The fraction of sp³-hybridized carbons (Fsp3) is 0.286. The third-order valence-corrected chi connectivity index (χ3v) is 4.52. The summed E-state index contributed by atoms with van der Waals surface area (Å²) in [6.45, 7) is 4.23. The normalized spacial score (nSPS) is 15.2. The van der Waals surface area contributed by atoms with Gasteiger partial charge in [0.05, 0.1) is 12.2 Å². The molecule has 0 radical (unpaired) electrons. The number of carbonyl (C=O) groups is 1. The van der Waals surface area contributed by atoms with Gasteiger partial charge in [0.25, 0.3) is 5.91 Å².